The molecule has 0 bridgehead atoms. The van der Waals surface area contributed by atoms with Gasteiger partial charge >= 0.3 is 0 Å². The van der Waals surface area contributed by atoms with Crippen LogP contribution in [0.3, 0.4) is 0 Å². The number of carbonyl (C=O) groups excluding carboxylic acids is 1. The lowest BCUT2D eigenvalue weighted by atomic mass is 10.1. The number of amides is 1. The highest BCUT2D eigenvalue weighted by Crippen LogP contribution is 2.15. The molecular formula is C16H23N3O2. The third-order valence-corrected chi connectivity index (χ3v) is 3.69. The van der Waals surface area contributed by atoms with E-state index in [1.54, 1.807) is 0 Å². The number of furan rings is 1. The molecule has 2 rings (SSSR count). The summed E-state index contributed by atoms with van der Waals surface area (Å²) in [5.41, 5.74) is 3.36. The van der Waals surface area contributed by atoms with Crippen molar-refractivity contribution >= 4 is 5.91 Å². The SMILES string of the molecule is CCn1nc(C)c(CCC(=O)NCc2ccc(C)o2)c1C. The molecule has 0 aromatic carbocycles. The number of nitrogens with one attached hydrogen (secondary N) is 1. The molecule has 0 saturated heterocycles. The van der Waals surface area contributed by atoms with E-state index in [0.717, 1.165) is 35.9 Å². The maximum atomic E-state index is 11.9. The first kappa shape index (κ1) is 15.4. The van der Waals surface area contributed by atoms with Gasteiger partial charge in [0.1, 0.15) is 11.5 Å². The van der Waals surface area contributed by atoms with Crippen LogP contribution in [0, 0.1) is 20.8 Å². The fraction of sp³-hybridized carbons (Fsp3) is 0.500. The van der Waals surface area contributed by atoms with Gasteiger partial charge in [0.2, 0.25) is 5.91 Å². The van der Waals surface area contributed by atoms with Crippen LogP contribution < -0.4 is 5.32 Å². The van der Waals surface area contributed by atoms with Crippen molar-refractivity contribution in [3.8, 4) is 0 Å². The quantitative estimate of drug-likeness (QED) is 0.889. The normalized spacial score (nSPS) is 10.9. The molecule has 0 spiro atoms. The minimum atomic E-state index is 0.0344. The summed E-state index contributed by atoms with van der Waals surface area (Å²) in [7, 11) is 0. The Morgan fingerprint density at radius 1 is 1.33 bits per heavy atom. The van der Waals surface area contributed by atoms with E-state index in [9.17, 15) is 4.79 Å². The Hall–Kier alpha value is -2.04. The Morgan fingerprint density at radius 2 is 2.10 bits per heavy atom. The summed E-state index contributed by atoms with van der Waals surface area (Å²) in [6.45, 7) is 9.32. The second kappa shape index (κ2) is 6.61. The van der Waals surface area contributed by atoms with Crippen molar-refractivity contribution in [1.82, 2.24) is 15.1 Å². The van der Waals surface area contributed by atoms with Crippen LogP contribution in [0.4, 0.5) is 0 Å². The second-order valence-electron chi connectivity index (χ2n) is 5.25. The van der Waals surface area contributed by atoms with Crippen molar-refractivity contribution in [3.63, 3.8) is 0 Å². The molecule has 114 valence electrons. The third kappa shape index (κ3) is 3.74. The van der Waals surface area contributed by atoms with Gasteiger partial charge < -0.3 is 9.73 Å². The Bertz CT molecular complexity index is 626. The summed E-state index contributed by atoms with van der Waals surface area (Å²) in [6.07, 6.45) is 1.19. The molecule has 2 heterocycles. The molecule has 2 aromatic heterocycles. The van der Waals surface area contributed by atoms with Crippen LogP contribution in [0.15, 0.2) is 16.5 Å². The Labute approximate surface area is 125 Å². The number of carbonyl (C=O) groups is 1. The minimum absolute atomic E-state index is 0.0344. The summed E-state index contributed by atoms with van der Waals surface area (Å²) in [5.74, 6) is 1.68. The zero-order valence-corrected chi connectivity index (χ0v) is 13.2. The second-order valence-corrected chi connectivity index (χ2v) is 5.25. The molecule has 0 fully saturated rings. The summed E-state index contributed by atoms with van der Waals surface area (Å²) >= 11 is 0. The van der Waals surface area contributed by atoms with E-state index in [4.69, 9.17) is 4.42 Å². The molecule has 0 radical (unpaired) electrons. The van der Waals surface area contributed by atoms with Gasteiger partial charge in [-0.05, 0) is 51.8 Å². The zero-order chi connectivity index (χ0) is 15.4. The average molecular weight is 289 g/mol. The Balaban J connectivity index is 1.85. The fourth-order valence-corrected chi connectivity index (χ4v) is 2.50. The fourth-order valence-electron chi connectivity index (χ4n) is 2.50. The minimum Gasteiger partial charge on any atom is -0.465 e. The van der Waals surface area contributed by atoms with E-state index in [0.29, 0.717) is 13.0 Å². The highest BCUT2D eigenvalue weighted by Gasteiger charge is 2.12. The first-order valence-corrected chi connectivity index (χ1v) is 7.36. The zero-order valence-electron chi connectivity index (χ0n) is 13.2. The predicted molar refractivity (Wildman–Crippen MR) is 81.0 cm³/mol. The molecule has 0 aliphatic rings. The van der Waals surface area contributed by atoms with Gasteiger partial charge in [0.15, 0.2) is 0 Å². The summed E-state index contributed by atoms with van der Waals surface area (Å²) < 4.78 is 7.41. The maximum Gasteiger partial charge on any atom is 0.220 e. The molecule has 5 heteroatoms. The summed E-state index contributed by atoms with van der Waals surface area (Å²) in [5, 5.41) is 7.36. The monoisotopic (exact) mass is 289 g/mol. The lowest BCUT2D eigenvalue weighted by molar-refractivity contribution is -0.121. The first-order valence-electron chi connectivity index (χ1n) is 7.36. The van der Waals surface area contributed by atoms with Gasteiger partial charge in [-0.1, -0.05) is 0 Å². The molecule has 0 atom stereocenters. The number of aryl methyl sites for hydroxylation is 3. The van der Waals surface area contributed by atoms with Crippen LogP contribution in [0.1, 0.15) is 41.8 Å². The summed E-state index contributed by atoms with van der Waals surface area (Å²) in [4.78, 5) is 11.9. The molecule has 0 aliphatic carbocycles. The predicted octanol–water partition coefficient (Wildman–Crippen LogP) is 2.67. The molecule has 1 N–H and O–H groups in total. The average Bonchev–Trinajstić information content (AvgIpc) is 2.98. The van der Waals surface area contributed by atoms with E-state index in [1.165, 1.54) is 5.56 Å². The van der Waals surface area contributed by atoms with Crippen molar-refractivity contribution in [3.05, 3.63) is 40.6 Å². The number of nitrogens with zero attached hydrogens (tertiary/aromatic N) is 2. The molecule has 0 unspecified atom stereocenters. The maximum absolute atomic E-state index is 11.9. The van der Waals surface area contributed by atoms with Gasteiger partial charge in [-0.3, -0.25) is 9.48 Å². The van der Waals surface area contributed by atoms with Crippen molar-refractivity contribution in [2.45, 2.75) is 53.6 Å². The van der Waals surface area contributed by atoms with Crippen molar-refractivity contribution in [2.75, 3.05) is 0 Å². The largest absolute Gasteiger partial charge is 0.465 e. The topological polar surface area (TPSA) is 60.1 Å². The van der Waals surface area contributed by atoms with E-state index in [1.807, 2.05) is 30.7 Å². The van der Waals surface area contributed by atoms with Crippen molar-refractivity contribution in [1.29, 1.82) is 0 Å². The van der Waals surface area contributed by atoms with Crippen molar-refractivity contribution < 1.29 is 9.21 Å². The number of aromatic nitrogens is 2. The number of hydrogen-bond acceptors (Lipinski definition) is 3. The van der Waals surface area contributed by atoms with E-state index >= 15 is 0 Å². The molecule has 0 saturated carbocycles. The highest BCUT2D eigenvalue weighted by molar-refractivity contribution is 5.76. The van der Waals surface area contributed by atoms with E-state index in [-0.39, 0.29) is 5.91 Å². The summed E-state index contributed by atoms with van der Waals surface area (Å²) in [6, 6.07) is 3.78. The lowest BCUT2D eigenvalue weighted by Gasteiger charge is -2.05. The van der Waals surface area contributed by atoms with Gasteiger partial charge in [-0.25, -0.2) is 0 Å². The molecular weight excluding hydrogens is 266 g/mol. The van der Waals surface area contributed by atoms with Crippen LogP contribution in [0.2, 0.25) is 0 Å². The van der Waals surface area contributed by atoms with Gasteiger partial charge in [0, 0.05) is 18.7 Å². The highest BCUT2D eigenvalue weighted by atomic mass is 16.3. The van der Waals surface area contributed by atoms with Crippen LogP contribution in [-0.2, 0) is 24.3 Å². The smallest absolute Gasteiger partial charge is 0.220 e. The van der Waals surface area contributed by atoms with Crippen LogP contribution >= 0.6 is 0 Å². The van der Waals surface area contributed by atoms with Crippen LogP contribution in [-0.4, -0.2) is 15.7 Å². The molecule has 2 aromatic rings. The van der Waals surface area contributed by atoms with Gasteiger partial charge in [0.25, 0.3) is 0 Å². The molecule has 5 nitrogen and oxygen atoms in total. The van der Waals surface area contributed by atoms with Gasteiger partial charge in [0.05, 0.1) is 12.2 Å². The van der Waals surface area contributed by atoms with E-state index in [2.05, 4.69) is 24.3 Å². The number of hydrogen-bond donors (Lipinski definition) is 1. The van der Waals surface area contributed by atoms with Gasteiger partial charge in [-0.15, -0.1) is 0 Å². The molecule has 0 aliphatic heterocycles. The Morgan fingerprint density at radius 3 is 2.67 bits per heavy atom. The first-order chi connectivity index (χ1) is 10.0. The van der Waals surface area contributed by atoms with E-state index < -0.39 is 0 Å². The molecule has 1 amide bonds. The third-order valence-electron chi connectivity index (χ3n) is 3.69. The van der Waals surface area contributed by atoms with Gasteiger partial charge in [-0.2, -0.15) is 5.10 Å². The van der Waals surface area contributed by atoms with Crippen LogP contribution in [0.5, 0.6) is 0 Å². The molecule has 21 heavy (non-hydrogen) atoms. The Kier molecular flexibility index (Phi) is 4.83. The van der Waals surface area contributed by atoms with Crippen molar-refractivity contribution in [2.24, 2.45) is 0 Å². The lowest BCUT2D eigenvalue weighted by Crippen LogP contribution is -2.22. The number of rotatable bonds is 6. The van der Waals surface area contributed by atoms with Crippen LogP contribution in [0.25, 0.3) is 0 Å². The standard InChI is InChI=1S/C16H23N3O2/c1-5-19-13(4)15(12(3)18-19)8-9-16(20)17-10-14-7-6-11(2)21-14/h6-7H,5,8-10H2,1-4H3,(H,17,20).